The van der Waals surface area contributed by atoms with Crippen molar-refractivity contribution in [2.24, 2.45) is 0 Å². The van der Waals surface area contributed by atoms with E-state index in [1.54, 1.807) is 0 Å². The molecule has 0 aliphatic carbocycles. The van der Waals surface area contributed by atoms with Crippen molar-refractivity contribution >= 4 is 40.9 Å². The zero-order chi connectivity index (χ0) is 21.0. The summed E-state index contributed by atoms with van der Waals surface area (Å²) < 4.78 is 26.4. The molecule has 29 heavy (non-hydrogen) atoms. The molecule has 0 saturated carbocycles. The summed E-state index contributed by atoms with van der Waals surface area (Å²) in [6.07, 6.45) is 0.0544. The fraction of sp³-hybridized carbons (Fsp3) is 0.150. The van der Waals surface area contributed by atoms with Crippen molar-refractivity contribution in [3.05, 3.63) is 75.3 Å². The number of nitrogens with zero attached hydrogens (tertiary/aromatic N) is 1. The van der Waals surface area contributed by atoms with Gasteiger partial charge in [-0.15, -0.1) is 0 Å². The molecule has 1 aliphatic rings. The van der Waals surface area contributed by atoms with Crippen molar-refractivity contribution in [1.82, 2.24) is 5.32 Å². The predicted molar refractivity (Wildman–Crippen MR) is 107 cm³/mol. The molecule has 0 unspecified atom stereocenters. The highest BCUT2D eigenvalue weighted by molar-refractivity contribution is 8.03. The normalized spacial score (nSPS) is 16.2. The monoisotopic (exact) mass is 433 g/mol. The van der Waals surface area contributed by atoms with Gasteiger partial charge >= 0.3 is 0 Å². The van der Waals surface area contributed by atoms with Gasteiger partial charge in [-0.1, -0.05) is 35.5 Å². The maximum absolute atomic E-state index is 13.2. The Morgan fingerprint density at radius 3 is 2.66 bits per heavy atom. The van der Waals surface area contributed by atoms with Crippen LogP contribution in [0.1, 0.15) is 17.9 Å². The van der Waals surface area contributed by atoms with E-state index in [1.807, 2.05) is 0 Å². The Morgan fingerprint density at radius 1 is 1.28 bits per heavy atom. The average molecular weight is 434 g/mol. The van der Waals surface area contributed by atoms with E-state index in [1.165, 1.54) is 36.4 Å². The quantitative estimate of drug-likeness (QED) is 0.735. The van der Waals surface area contributed by atoms with Crippen molar-refractivity contribution in [2.45, 2.75) is 12.3 Å². The minimum absolute atomic E-state index is 0.0544. The van der Waals surface area contributed by atoms with Crippen LogP contribution in [0.3, 0.4) is 0 Å². The molecule has 0 saturated heterocycles. The number of nitriles is 1. The van der Waals surface area contributed by atoms with E-state index in [0.29, 0.717) is 16.8 Å². The maximum atomic E-state index is 13.2. The molecule has 3 rings (SSSR count). The second kappa shape index (κ2) is 9.07. The van der Waals surface area contributed by atoms with Crippen LogP contribution >= 0.6 is 23.4 Å². The van der Waals surface area contributed by atoms with Crippen LogP contribution in [-0.4, -0.2) is 17.6 Å². The van der Waals surface area contributed by atoms with Gasteiger partial charge in [0.15, 0.2) is 0 Å². The second-order valence-corrected chi connectivity index (χ2v) is 7.57. The molecule has 0 aromatic heterocycles. The summed E-state index contributed by atoms with van der Waals surface area (Å²) in [5, 5.41) is 15.0. The molecule has 0 spiro atoms. The molecule has 148 valence electrons. The first-order valence-corrected chi connectivity index (χ1v) is 9.81. The fourth-order valence-corrected chi connectivity index (χ4v) is 3.88. The number of benzene rings is 2. The number of anilines is 1. The van der Waals surface area contributed by atoms with Gasteiger partial charge in [0.25, 0.3) is 0 Å². The van der Waals surface area contributed by atoms with Gasteiger partial charge < -0.3 is 10.6 Å². The minimum Gasteiger partial charge on any atom is -0.325 e. The third-order valence-corrected chi connectivity index (χ3v) is 5.49. The Bertz CT molecular complexity index is 1040. The summed E-state index contributed by atoms with van der Waals surface area (Å²) in [7, 11) is 0. The van der Waals surface area contributed by atoms with Crippen LogP contribution in [0.15, 0.2) is 53.1 Å². The summed E-state index contributed by atoms with van der Waals surface area (Å²) in [5.74, 6) is -2.34. The zero-order valence-electron chi connectivity index (χ0n) is 14.8. The largest absolute Gasteiger partial charge is 0.325 e. The number of thioether (sulfide) groups is 1. The summed E-state index contributed by atoms with van der Waals surface area (Å²) in [5.41, 5.74) is 1.27. The van der Waals surface area contributed by atoms with Gasteiger partial charge in [-0.25, -0.2) is 8.78 Å². The summed E-state index contributed by atoms with van der Waals surface area (Å²) in [6.45, 7) is 0. The molecule has 1 heterocycles. The van der Waals surface area contributed by atoms with E-state index in [0.717, 1.165) is 17.8 Å². The number of nitrogens with one attached hydrogen (secondary N) is 2. The van der Waals surface area contributed by atoms with Gasteiger partial charge in [-0.05, 0) is 35.9 Å². The van der Waals surface area contributed by atoms with Crippen LogP contribution < -0.4 is 10.6 Å². The minimum atomic E-state index is -0.598. The Kier molecular flexibility index (Phi) is 6.52. The zero-order valence-corrected chi connectivity index (χ0v) is 16.4. The van der Waals surface area contributed by atoms with Gasteiger partial charge in [0.05, 0.1) is 27.4 Å². The van der Waals surface area contributed by atoms with E-state index in [4.69, 9.17) is 11.6 Å². The number of amides is 2. The molecular formula is C20H14ClF2N3O2S. The lowest BCUT2D eigenvalue weighted by molar-refractivity contribution is -0.121. The first kappa shape index (κ1) is 20.8. The van der Waals surface area contributed by atoms with Crippen LogP contribution in [0.4, 0.5) is 14.5 Å². The van der Waals surface area contributed by atoms with Crippen LogP contribution in [0.2, 0.25) is 5.02 Å². The number of carbonyl (C=O) groups excluding carboxylic acids is 2. The fourth-order valence-electron chi connectivity index (χ4n) is 2.82. The van der Waals surface area contributed by atoms with E-state index < -0.39 is 23.5 Å². The Hall–Kier alpha value is -2.89. The lowest BCUT2D eigenvalue weighted by Gasteiger charge is -2.25. The third-order valence-electron chi connectivity index (χ3n) is 4.18. The molecule has 2 amide bonds. The Balaban J connectivity index is 1.74. The molecule has 5 nitrogen and oxygen atoms in total. The second-order valence-electron chi connectivity index (χ2n) is 6.18. The number of hydrogen-bond donors (Lipinski definition) is 2. The number of hydrogen-bond acceptors (Lipinski definition) is 4. The van der Waals surface area contributed by atoms with Crippen LogP contribution in [0.25, 0.3) is 0 Å². The SMILES string of the molecule is N#CC1=C(SCC(=O)Nc2ccc(F)c(Cl)c2)NC(=O)C[C@H]1c1ccc(F)cc1. The number of rotatable bonds is 5. The highest BCUT2D eigenvalue weighted by Gasteiger charge is 2.29. The molecule has 9 heteroatoms. The first-order valence-electron chi connectivity index (χ1n) is 8.44. The highest BCUT2D eigenvalue weighted by Crippen LogP contribution is 2.36. The molecule has 2 aromatic carbocycles. The van der Waals surface area contributed by atoms with E-state index in [9.17, 15) is 23.6 Å². The van der Waals surface area contributed by atoms with Gasteiger partial charge in [0, 0.05) is 18.0 Å². The van der Waals surface area contributed by atoms with Gasteiger partial charge in [0.1, 0.15) is 11.6 Å². The number of allylic oxidation sites excluding steroid dienone is 1. The first-order chi connectivity index (χ1) is 13.9. The highest BCUT2D eigenvalue weighted by atomic mass is 35.5. The number of carbonyl (C=O) groups is 2. The molecule has 1 aliphatic heterocycles. The van der Waals surface area contributed by atoms with Crippen molar-refractivity contribution < 1.29 is 18.4 Å². The van der Waals surface area contributed by atoms with Gasteiger partial charge in [0.2, 0.25) is 11.8 Å². The van der Waals surface area contributed by atoms with Crippen LogP contribution in [0, 0.1) is 23.0 Å². The molecule has 0 radical (unpaired) electrons. The van der Waals surface area contributed by atoms with E-state index >= 15 is 0 Å². The number of halogens is 3. The molecule has 0 fully saturated rings. The van der Waals surface area contributed by atoms with Crippen molar-refractivity contribution in [1.29, 1.82) is 5.26 Å². The molecule has 2 aromatic rings. The van der Waals surface area contributed by atoms with Crippen molar-refractivity contribution in [3.8, 4) is 6.07 Å². The average Bonchev–Trinajstić information content (AvgIpc) is 2.69. The topological polar surface area (TPSA) is 82.0 Å². The van der Waals surface area contributed by atoms with Crippen molar-refractivity contribution in [2.75, 3.05) is 11.1 Å². The van der Waals surface area contributed by atoms with Gasteiger partial charge in [-0.2, -0.15) is 5.26 Å². The van der Waals surface area contributed by atoms with Gasteiger partial charge in [-0.3, -0.25) is 9.59 Å². The maximum Gasteiger partial charge on any atom is 0.234 e. The lowest BCUT2D eigenvalue weighted by atomic mass is 9.87. The Morgan fingerprint density at radius 2 is 2.00 bits per heavy atom. The predicted octanol–water partition coefficient (Wildman–Crippen LogP) is 4.33. The molecule has 1 atom stereocenters. The third kappa shape index (κ3) is 5.13. The standard InChI is InChI=1S/C20H14ClF2N3O2S/c21-16-7-13(5-6-17(16)23)25-19(28)10-29-20-15(9-24)14(8-18(27)26-20)11-1-3-12(22)4-2-11/h1-7,14H,8,10H2,(H,25,28)(H,26,27)/t14-/m0/s1. The molecular weight excluding hydrogens is 420 g/mol. The molecule has 0 bridgehead atoms. The van der Waals surface area contributed by atoms with E-state index in [2.05, 4.69) is 16.7 Å². The molecule has 2 N–H and O–H groups in total. The summed E-state index contributed by atoms with van der Waals surface area (Å²) in [6, 6.07) is 11.5. The Labute approximate surface area is 174 Å². The summed E-state index contributed by atoms with van der Waals surface area (Å²) >= 11 is 6.69. The van der Waals surface area contributed by atoms with E-state index in [-0.39, 0.29) is 28.1 Å². The van der Waals surface area contributed by atoms with Crippen LogP contribution in [0.5, 0.6) is 0 Å². The lowest BCUT2D eigenvalue weighted by Crippen LogP contribution is -2.31. The van der Waals surface area contributed by atoms with Crippen molar-refractivity contribution in [3.63, 3.8) is 0 Å². The smallest absolute Gasteiger partial charge is 0.234 e. The van der Waals surface area contributed by atoms with Crippen LogP contribution in [-0.2, 0) is 9.59 Å². The summed E-state index contributed by atoms with van der Waals surface area (Å²) in [4.78, 5) is 24.3.